The summed E-state index contributed by atoms with van der Waals surface area (Å²) in [4.78, 5) is 31.4. The molecule has 1 aromatic rings. The van der Waals surface area contributed by atoms with Crippen LogP contribution in [0.4, 0.5) is 0 Å². The van der Waals surface area contributed by atoms with Crippen molar-refractivity contribution in [1.29, 1.82) is 0 Å². The first-order valence-electron chi connectivity index (χ1n) is 10.5. The molecule has 7 nitrogen and oxygen atoms in total. The van der Waals surface area contributed by atoms with Gasteiger partial charge in [-0.05, 0) is 37.1 Å². The van der Waals surface area contributed by atoms with E-state index in [1.165, 1.54) is 25.0 Å². The van der Waals surface area contributed by atoms with E-state index in [4.69, 9.17) is 0 Å². The quantitative estimate of drug-likeness (QED) is 0.722. The van der Waals surface area contributed by atoms with Crippen LogP contribution in [0.25, 0.3) is 0 Å². The van der Waals surface area contributed by atoms with Crippen LogP contribution in [0.5, 0.6) is 0 Å². The Kier molecular flexibility index (Phi) is 7.29. The van der Waals surface area contributed by atoms with Crippen LogP contribution in [0.2, 0.25) is 0 Å². The van der Waals surface area contributed by atoms with Crippen LogP contribution in [-0.2, 0) is 14.6 Å². The minimum absolute atomic E-state index is 0.0401. The van der Waals surface area contributed by atoms with Crippen molar-refractivity contribution in [3.63, 3.8) is 0 Å². The van der Waals surface area contributed by atoms with Gasteiger partial charge in [0.15, 0.2) is 9.84 Å². The van der Waals surface area contributed by atoms with E-state index in [0.29, 0.717) is 38.3 Å². The molecule has 160 valence electrons. The molecule has 3 rings (SSSR count). The zero-order chi connectivity index (χ0) is 20.9. The van der Waals surface area contributed by atoms with Crippen molar-refractivity contribution in [3.05, 3.63) is 29.8 Å². The Bertz CT molecular complexity index is 807. The third kappa shape index (κ3) is 5.57. The number of sulfone groups is 1. The van der Waals surface area contributed by atoms with Gasteiger partial charge in [-0.25, -0.2) is 8.42 Å². The molecule has 0 aliphatic carbocycles. The Labute approximate surface area is 173 Å². The number of rotatable bonds is 5. The summed E-state index contributed by atoms with van der Waals surface area (Å²) in [5.74, 6) is 0.140. The van der Waals surface area contributed by atoms with Gasteiger partial charge < -0.3 is 9.80 Å². The van der Waals surface area contributed by atoms with Crippen molar-refractivity contribution in [3.8, 4) is 0 Å². The Morgan fingerprint density at radius 2 is 1.41 bits per heavy atom. The van der Waals surface area contributed by atoms with Crippen LogP contribution in [0.3, 0.4) is 0 Å². The van der Waals surface area contributed by atoms with Crippen LogP contribution in [0.1, 0.15) is 43.0 Å². The zero-order valence-electron chi connectivity index (χ0n) is 17.2. The van der Waals surface area contributed by atoms with Crippen molar-refractivity contribution in [1.82, 2.24) is 14.7 Å². The summed E-state index contributed by atoms with van der Waals surface area (Å²) in [5, 5.41) is 0. The van der Waals surface area contributed by atoms with Gasteiger partial charge in [-0.3, -0.25) is 14.5 Å². The smallest absolute Gasteiger partial charge is 0.253 e. The lowest BCUT2D eigenvalue weighted by atomic mass is 10.2. The van der Waals surface area contributed by atoms with Gasteiger partial charge in [0.25, 0.3) is 5.91 Å². The highest BCUT2D eigenvalue weighted by Crippen LogP contribution is 2.15. The van der Waals surface area contributed by atoms with Crippen molar-refractivity contribution in [2.45, 2.75) is 37.5 Å². The molecule has 8 heteroatoms. The lowest BCUT2D eigenvalue weighted by Gasteiger charge is -2.35. The van der Waals surface area contributed by atoms with Crippen molar-refractivity contribution >= 4 is 21.7 Å². The lowest BCUT2D eigenvalue weighted by Crippen LogP contribution is -2.51. The molecule has 0 spiro atoms. The second kappa shape index (κ2) is 9.71. The standard InChI is InChI=1S/C21H31N3O4S/c1-2-29(27,28)19-9-7-18(8-10-19)21(26)24-15-13-22(14-16-24)17-20(25)23-11-5-3-4-6-12-23/h7-10H,2-6,11-17H2,1H3. The van der Waals surface area contributed by atoms with Crippen LogP contribution < -0.4 is 0 Å². The summed E-state index contributed by atoms with van der Waals surface area (Å²) >= 11 is 0. The number of amides is 2. The van der Waals surface area contributed by atoms with Crippen molar-refractivity contribution in [2.24, 2.45) is 0 Å². The molecule has 2 heterocycles. The predicted molar refractivity (Wildman–Crippen MR) is 112 cm³/mol. The number of carbonyl (C=O) groups excluding carboxylic acids is 2. The van der Waals surface area contributed by atoms with Crippen LogP contribution in [0.15, 0.2) is 29.2 Å². The highest BCUT2D eigenvalue weighted by molar-refractivity contribution is 7.91. The molecule has 2 aliphatic heterocycles. The summed E-state index contributed by atoms with van der Waals surface area (Å²) < 4.78 is 23.8. The number of hydrogen-bond donors (Lipinski definition) is 0. The first kappa shape index (κ1) is 21.8. The van der Waals surface area contributed by atoms with Gasteiger partial charge >= 0.3 is 0 Å². The van der Waals surface area contributed by atoms with Gasteiger partial charge in [0.1, 0.15) is 0 Å². The molecule has 0 unspecified atom stereocenters. The molecular formula is C21H31N3O4S. The molecule has 0 aromatic heterocycles. The zero-order valence-corrected chi connectivity index (χ0v) is 18.0. The van der Waals surface area contributed by atoms with E-state index >= 15 is 0 Å². The number of carbonyl (C=O) groups is 2. The lowest BCUT2D eigenvalue weighted by molar-refractivity contribution is -0.132. The van der Waals surface area contributed by atoms with E-state index in [2.05, 4.69) is 4.90 Å². The SMILES string of the molecule is CCS(=O)(=O)c1ccc(C(=O)N2CCN(CC(=O)N3CCCCCC3)CC2)cc1. The van der Waals surface area contributed by atoms with Gasteiger partial charge in [-0.15, -0.1) is 0 Å². The van der Waals surface area contributed by atoms with Gasteiger partial charge in [0.05, 0.1) is 17.2 Å². The monoisotopic (exact) mass is 421 g/mol. The third-order valence-corrected chi connectivity index (χ3v) is 7.57. The largest absolute Gasteiger partial charge is 0.342 e. The molecular weight excluding hydrogens is 390 g/mol. The highest BCUT2D eigenvalue weighted by Gasteiger charge is 2.25. The molecule has 0 saturated carbocycles. The van der Waals surface area contributed by atoms with E-state index in [9.17, 15) is 18.0 Å². The summed E-state index contributed by atoms with van der Waals surface area (Å²) in [6, 6.07) is 6.17. The second-order valence-corrected chi connectivity index (χ2v) is 10.1. The van der Waals surface area contributed by atoms with Gasteiger partial charge in [-0.2, -0.15) is 0 Å². The normalized spacial score (nSPS) is 19.1. The molecule has 2 aliphatic rings. The predicted octanol–water partition coefficient (Wildman–Crippen LogP) is 1.64. The molecule has 2 fully saturated rings. The number of hydrogen-bond acceptors (Lipinski definition) is 5. The topological polar surface area (TPSA) is 78.0 Å². The van der Waals surface area contributed by atoms with E-state index in [1.807, 2.05) is 4.90 Å². The summed E-state index contributed by atoms with van der Waals surface area (Å²) in [6.45, 7) is 6.24. The fraction of sp³-hybridized carbons (Fsp3) is 0.619. The summed E-state index contributed by atoms with van der Waals surface area (Å²) in [5.41, 5.74) is 0.495. The van der Waals surface area contributed by atoms with E-state index in [1.54, 1.807) is 24.0 Å². The van der Waals surface area contributed by atoms with Crippen molar-refractivity contribution < 1.29 is 18.0 Å². The molecule has 0 N–H and O–H groups in total. The maximum Gasteiger partial charge on any atom is 0.253 e. The maximum atomic E-state index is 12.7. The fourth-order valence-electron chi connectivity index (χ4n) is 3.87. The Morgan fingerprint density at radius 1 is 0.828 bits per heavy atom. The number of piperazine rings is 1. The molecule has 29 heavy (non-hydrogen) atoms. The molecule has 0 atom stereocenters. The molecule has 2 saturated heterocycles. The Hall–Kier alpha value is -1.93. The van der Waals surface area contributed by atoms with Gasteiger partial charge in [-0.1, -0.05) is 19.8 Å². The minimum atomic E-state index is -3.26. The highest BCUT2D eigenvalue weighted by atomic mass is 32.2. The van der Waals surface area contributed by atoms with Crippen LogP contribution >= 0.6 is 0 Å². The Morgan fingerprint density at radius 3 is 1.97 bits per heavy atom. The molecule has 0 bridgehead atoms. The van der Waals surface area contributed by atoms with E-state index in [-0.39, 0.29) is 22.5 Å². The molecule has 2 amide bonds. The first-order valence-corrected chi connectivity index (χ1v) is 12.2. The summed E-state index contributed by atoms with van der Waals surface area (Å²) in [6.07, 6.45) is 4.59. The molecule has 1 aromatic carbocycles. The molecule has 0 radical (unpaired) electrons. The fourth-order valence-corrected chi connectivity index (χ4v) is 4.76. The average Bonchev–Trinajstić information content (AvgIpc) is 3.03. The first-order chi connectivity index (χ1) is 13.9. The van der Waals surface area contributed by atoms with Crippen LogP contribution in [0, 0.1) is 0 Å². The van der Waals surface area contributed by atoms with Gasteiger partial charge in [0, 0.05) is 44.8 Å². The van der Waals surface area contributed by atoms with E-state index in [0.717, 1.165) is 25.9 Å². The number of nitrogens with zero attached hydrogens (tertiary/aromatic N) is 3. The van der Waals surface area contributed by atoms with Gasteiger partial charge in [0.2, 0.25) is 5.91 Å². The average molecular weight is 422 g/mol. The maximum absolute atomic E-state index is 12.7. The minimum Gasteiger partial charge on any atom is -0.342 e. The Balaban J connectivity index is 1.51. The summed E-state index contributed by atoms with van der Waals surface area (Å²) in [7, 11) is -3.26. The number of likely N-dealkylation sites (tertiary alicyclic amines) is 1. The van der Waals surface area contributed by atoms with E-state index < -0.39 is 9.84 Å². The van der Waals surface area contributed by atoms with Crippen LogP contribution in [-0.4, -0.2) is 86.5 Å². The second-order valence-electron chi connectivity index (χ2n) is 7.79. The number of benzene rings is 1. The third-order valence-electron chi connectivity index (χ3n) is 5.82. The van der Waals surface area contributed by atoms with Crippen molar-refractivity contribution in [2.75, 3.05) is 51.6 Å².